The molecule has 0 saturated carbocycles. The van der Waals surface area contributed by atoms with Gasteiger partial charge < -0.3 is 11.1 Å². The Morgan fingerprint density at radius 2 is 2.21 bits per heavy atom. The van der Waals surface area contributed by atoms with Crippen molar-refractivity contribution in [1.29, 1.82) is 0 Å². The predicted octanol–water partition coefficient (Wildman–Crippen LogP) is 2.50. The summed E-state index contributed by atoms with van der Waals surface area (Å²) in [7, 11) is 0. The van der Waals surface area contributed by atoms with E-state index in [9.17, 15) is 0 Å². The van der Waals surface area contributed by atoms with Crippen LogP contribution < -0.4 is 11.1 Å². The molecule has 1 rings (SSSR count). The molecule has 1 aromatic carbocycles. The number of guanidine groups is 1. The van der Waals surface area contributed by atoms with E-state index in [1.54, 1.807) is 0 Å². The summed E-state index contributed by atoms with van der Waals surface area (Å²) in [5, 5.41) is 3.02. The van der Waals surface area contributed by atoms with Crippen LogP contribution in [0.1, 0.15) is 12.5 Å². The second-order valence-corrected chi connectivity index (χ2v) is 3.92. The number of nitrogens with one attached hydrogen (secondary N) is 1. The summed E-state index contributed by atoms with van der Waals surface area (Å²) < 4.78 is 1.03. The van der Waals surface area contributed by atoms with Gasteiger partial charge in [-0.1, -0.05) is 15.9 Å². The predicted molar refractivity (Wildman–Crippen MR) is 64.7 cm³/mol. The Hall–Kier alpha value is -1.03. The Kier molecular flexibility index (Phi) is 3.95. The lowest BCUT2D eigenvalue weighted by Crippen LogP contribution is -2.22. The van der Waals surface area contributed by atoms with E-state index in [4.69, 9.17) is 5.73 Å². The summed E-state index contributed by atoms with van der Waals surface area (Å²) in [4.78, 5) is 4.05. The molecule has 0 aliphatic heterocycles. The molecule has 0 amide bonds. The van der Waals surface area contributed by atoms with Crippen molar-refractivity contribution in [2.24, 2.45) is 10.7 Å². The van der Waals surface area contributed by atoms with Gasteiger partial charge in [-0.05, 0) is 37.6 Å². The summed E-state index contributed by atoms with van der Waals surface area (Å²) in [6.07, 6.45) is 0. The molecule has 3 nitrogen and oxygen atoms in total. The fourth-order valence-corrected chi connectivity index (χ4v) is 1.77. The molecule has 0 atom stereocenters. The minimum atomic E-state index is 0.449. The highest BCUT2D eigenvalue weighted by atomic mass is 79.9. The van der Waals surface area contributed by atoms with Gasteiger partial charge in [0.1, 0.15) is 0 Å². The maximum absolute atomic E-state index is 5.64. The van der Waals surface area contributed by atoms with Crippen LogP contribution in [-0.4, -0.2) is 12.5 Å². The zero-order valence-electron chi connectivity index (χ0n) is 8.34. The fourth-order valence-electron chi connectivity index (χ4n) is 1.17. The van der Waals surface area contributed by atoms with E-state index in [1.807, 2.05) is 32.0 Å². The standard InChI is InChI=1S/C10H14BrN3/c1-3-13-10(12)14-9-5-7(2)4-8(11)6-9/h4-6H,3H2,1-2H3,(H3,12,13,14). The Labute approximate surface area is 92.5 Å². The molecule has 0 unspecified atom stereocenters. The van der Waals surface area contributed by atoms with E-state index in [1.165, 1.54) is 5.56 Å². The lowest BCUT2D eigenvalue weighted by atomic mass is 10.2. The molecule has 0 radical (unpaired) electrons. The van der Waals surface area contributed by atoms with E-state index in [-0.39, 0.29) is 0 Å². The second kappa shape index (κ2) is 5.00. The molecular weight excluding hydrogens is 242 g/mol. The second-order valence-electron chi connectivity index (χ2n) is 3.00. The molecule has 14 heavy (non-hydrogen) atoms. The number of hydrogen-bond acceptors (Lipinski definition) is 1. The lowest BCUT2D eigenvalue weighted by molar-refractivity contribution is 1.12. The number of nitrogens with zero attached hydrogens (tertiary/aromatic N) is 1. The maximum atomic E-state index is 5.64. The van der Waals surface area contributed by atoms with Crippen molar-refractivity contribution >= 4 is 27.6 Å². The van der Waals surface area contributed by atoms with Crippen molar-refractivity contribution in [3.63, 3.8) is 0 Å². The van der Waals surface area contributed by atoms with Crippen molar-refractivity contribution in [3.8, 4) is 0 Å². The van der Waals surface area contributed by atoms with Crippen LogP contribution in [0.5, 0.6) is 0 Å². The number of aliphatic imine (C=N–C) groups is 1. The first-order valence-corrected chi connectivity index (χ1v) is 5.25. The zero-order chi connectivity index (χ0) is 10.6. The highest BCUT2D eigenvalue weighted by Crippen LogP contribution is 2.18. The summed E-state index contributed by atoms with van der Waals surface area (Å²) in [6, 6.07) is 6.02. The normalized spacial score (nSPS) is 11.5. The van der Waals surface area contributed by atoms with Crippen molar-refractivity contribution in [3.05, 3.63) is 28.2 Å². The van der Waals surface area contributed by atoms with Crippen molar-refractivity contribution in [2.75, 3.05) is 11.9 Å². The molecule has 0 aliphatic rings. The van der Waals surface area contributed by atoms with Gasteiger partial charge in [-0.2, -0.15) is 0 Å². The number of rotatable bonds is 2. The van der Waals surface area contributed by atoms with Gasteiger partial charge in [0.25, 0.3) is 0 Å². The van der Waals surface area contributed by atoms with E-state index in [0.717, 1.165) is 10.2 Å². The number of benzene rings is 1. The van der Waals surface area contributed by atoms with Gasteiger partial charge in [0.15, 0.2) is 5.96 Å². The number of nitrogens with two attached hydrogens (primary N) is 1. The summed E-state index contributed by atoms with van der Waals surface area (Å²) in [6.45, 7) is 4.66. The third-order valence-electron chi connectivity index (χ3n) is 1.64. The Morgan fingerprint density at radius 3 is 2.79 bits per heavy atom. The first kappa shape index (κ1) is 11.0. The van der Waals surface area contributed by atoms with Crippen LogP contribution in [0.4, 0.5) is 5.69 Å². The van der Waals surface area contributed by atoms with Gasteiger partial charge >= 0.3 is 0 Å². The smallest absolute Gasteiger partial charge is 0.193 e. The van der Waals surface area contributed by atoms with E-state index >= 15 is 0 Å². The zero-order valence-corrected chi connectivity index (χ0v) is 9.93. The van der Waals surface area contributed by atoms with Crippen LogP contribution >= 0.6 is 15.9 Å². The van der Waals surface area contributed by atoms with Crippen LogP contribution in [0.15, 0.2) is 27.7 Å². The summed E-state index contributed by atoms with van der Waals surface area (Å²) >= 11 is 3.42. The quantitative estimate of drug-likeness (QED) is 0.631. The fraction of sp³-hybridized carbons (Fsp3) is 0.300. The van der Waals surface area contributed by atoms with Crippen molar-refractivity contribution in [1.82, 2.24) is 0 Å². The van der Waals surface area contributed by atoms with Gasteiger partial charge in [-0.25, -0.2) is 0 Å². The average Bonchev–Trinajstić information content (AvgIpc) is 2.01. The first-order valence-electron chi connectivity index (χ1n) is 4.46. The van der Waals surface area contributed by atoms with Gasteiger partial charge in [0.05, 0.1) is 0 Å². The average molecular weight is 256 g/mol. The minimum absolute atomic E-state index is 0.449. The molecule has 1 aromatic rings. The Bertz CT molecular complexity index is 327. The van der Waals surface area contributed by atoms with Gasteiger partial charge in [-0.3, -0.25) is 4.99 Å². The van der Waals surface area contributed by atoms with Crippen LogP contribution in [0.2, 0.25) is 0 Å². The maximum Gasteiger partial charge on any atom is 0.193 e. The van der Waals surface area contributed by atoms with Crippen LogP contribution in [-0.2, 0) is 0 Å². The highest BCUT2D eigenvalue weighted by Gasteiger charge is 1.97. The topological polar surface area (TPSA) is 50.4 Å². The monoisotopic (exact) mass is 255 g/mol. The summed E-state index contributed by atoms with van der Waals surface area (Å²) in [5.74, 6) is 0.449. The van der Waals surface area contributed by atoms with E-state index < -0.39 is 0 Å². The first-order chi connectivity index (χ1) is 6.61. The molecule has 76 valence electrons. The van der Waals surface area contributed by atoms with E-state index in [2.05, 4.69) is 26.2 Å². The molecule has 0 aromatic heterocycles. The van der Waals surface area contributed by atoms with Crippen LogP contribution in [0.3, 0.4) is 0 Å². The number of halogens is 1. The molecule has 4 heteroatoms. The third kappa shape index (κ3) is 3.38. The van der Waals surface area contributed by atoms with Crippen molar-refractivity contribution in [2.45, 2.75) is 13.8 Å². The van der Waals surface area contributed by atoms with Crippen molar-refractivity contribution < 1.29 is 0 Å². The van der Waals surface area contributed by atoms with Gasteiger partial charge in [0.2, 0.25) is 0 Å². The van der Waals surface area contributed by atoms with Crippen LogP contribution in [0, 0.1) is 6.92 Å². The number of anilines is 1. The minimum Gasteiger partial charge on any atom is -0.370 e. The third-order valence-corrected chi connectivity index (χ3v) is 2.10. The van der Waals surface area contributed by atoms with Gasteiger partial charge in [-0.15, -0.1) is 0 Å². The number of hydrogen-bond donors (Lipinski definition) is 2. The SMILES string of the molecule is CCN=C(N)Nc1cc(C)cc(Br)c1. The molecule has 0 bridgehead atoms. The Morgan fingerprint density at radius 1 is 1.50 bits per heavy atom. The van der Waals surface area contributed by atoms with Gasteiger partial charge in [0, 0.05) is 16.7 Å². The largest absolute Gasteiger partial charge is 0.370 e. The summed E-state index contributed by atoms with van der Waals surface area (Å²) in [5.41, 5.74) is 7.76. The molecule has 0 aliphatic carbocycles. The number of aryl methyl sites for hydroxylation is 1. The molecule has 3 N–H and O–H groups in total. The Balaban J connectivity index is 2.81. The molecular formula is C10H14BrN3. The van der Waals surface area contributed by atoms with Crippen LogP contribution in [0.25, 0.3) is 0 Å². The lowest BCUT2D eigenvalue weighted by Gasteiger charge is -2.06. The highest BCUT2D eigenvalue weighted by molar-refractivity contribution is 9.10. The molecule has 0 heterocycles. The molecule has 0 saturated heterocycles. The molecule has 0 spiro atoms. The van der Waals surface area contributed by atoms with E-state index in [0.29, 0.717) is 12.5 Å². The molecule has 0 fully saturated rings.